The van der Waals surface area contributed by atoms with Gasteiger partial charge in [0, 0.05) is 28.3 Å². The summed E-state index contributed by atoms with van der Waals surface area (Å²) in [7, 11) is 0.842. The van der Waals surface area contributed by atoms with Crippen LogP contribution in [0, 0.1) is 5.82 Å². The van der Waals surface area contributed by atoms with Crippen molar-refractivity contribution in [1.29, 1.82) is 0 Å². The van der Waals surface area contributed by atoms with E-state index in [1.54, 1.807) is 0 Å². The van der Waals surface area contributed by atoms with E-state index in [0.717, 1.165) is 25.0 Å². The van der Waals surface area contributed by atoms with Crippen LogP contribution in [0.1, 0.15) is 30.1 Å². The van der Waals surface area contributed by atoms with Crippen molar-refractivity contribution >= 4 is 37.2 Å². The molecule has 0 bridgehead atoms. The van der Waals surface area contributed by atoms with Crippen LogP contribution in [0.2, 0.25) is 5.02 Å². The van der Waals surface area contributed by atoms with E-state index in [9.17, 15) is 17.6 Å². The monoisotopic (exact) mass is 339 g/mol. The van der Waals surface area contributed by atoms with Gasteiger partial charge >= 0.3 is 0 Å². The summed E-state index contributed by atoms with van der Waals surface area (Å²) in [6.45, 7) is 2.36. The van der Waals surface area contributed by atoms with Gasteiger partial charge in [0.25, 0.3) is 15.0 Å². The van der Waals surface area contributed by atoms with Crippen LogP contribution in [0.3, 0.4) is 0 Å². The highest BCUT2D eigenvalue weighted by atomic mass is 35.7. The molecule has 110 valence electrons. The number of hydrogen-bond acceptors (Lipinski definition) is 3. The Balaban J connectivity index is 2.52. The lowest BCUT2D eigenvalue weighted by molar-refractivity contribution is 0.0742. The Labute approximate surface area is 125 Å². The Bertz CT molecular complexity index is 663. The number of amides is 1. The molecule has 1 atom stereocenters. The first-order chi connectivity index (χ1) is 9.21. The predicted molar refractivity (Wildman–Crippen MR) is 74.2 cm³/mol. The van der Waals surface area contributed by atoms with E-state index >= 15 is 0 Å². The summed E-state index contributed by atoms with van der Waals surface area (Å²) >= 11 is 5.75. The Hall–Kier alpha value is -0.850. The summed E-state index contributed by atoms with van der Waals surface area (Å²) in [5.74, 6) is -1.73. The fourth-order valence-electron chi connectivity index (χ4n) is 2.29. The van der Waals surface area contributed by atoms with E-state index in [4.69, 9.17) is 22.3 Å². The maximum absolute atomic E-state index is 14.2. The number of likely N-dealkylation sites (tertiary alicyclic amines) is 1. The van der Waals surface area contributed by atoms with Gasteiger partial charge in [0.2, 0.25) is 0 Å². The molecule has 0 aromatic heterocycles. The molecule has 0 saturated carbocycles. The van der Waals surface area contributed by atoms with Crippen molar-refractivity contribution in [2.75, 3.05) is 6.54 Å². The second kappa shape index (κ2) is 5.50. The molecule has 0 N–H and O–H groups in total. The number of nitrogens with zero attached hydrogens (tertiary/aromatic N) is 1. The molecular weight excluding hydrogens is 328 g/mol. The summed E-state index contributed by atoms with van der Waals surface area (Å²) in [6.07, 6.45) is 1.66. The van der Waals surface area contributed by atoms with Crippen molar-refractivity contribution in [2.45, 2.75) is 30.7 Å². The van der Waals surface area contributed by atoms with Crippen LogP contribution >= 0.6 is 22.3 Å². The van der Waals surface area contributed by atoms with E-state index in [-0.39, 0.29) is 16.6 Å². The topological polar surface area (TPSA) is 54.5 Å². The largest absolute Gasteiger partial charge is 0.336 e. The molecule has 1 saturated heterocycles. The lowest BCUT2D eigenvalue weighted by Crippen LogP contribution is -2.34. The van der Waals surface area contributed by atoms with Crippen LogP contribution in [0.5, 0.6) is 0 Å². The van der Waals surface area contributed by atoms with Gasteiger partial charge in [0.1, 0.15) is 4.90 Å². The number of benzene rings is 1. The second-order valence-corrected chi connectivity index (χ2v) is 7.66. The van der Waals surface area contributed by atoms with Crippen molar-refractivity contribution in [3.63, 3.8) is 0 Å². The molecule has 0 spiro atoms. The highest BCUT2D eigenvalue weighted by Gasteiger charge is 2.30. The molecule has 1 aromatic carbocycles. The number of carbonyl (C=O) groups excluding carboxylic acids is 1. The average Bonchev–Trinajstić information content (AvgIpc) is 2.75. The Kier molecular flexibility index (Phi) is 4.27. The molecule has 20 heavy (non-hydrogen) atoms. The molecular formula is C12H12Cl2FNO3S. The minimum atomic E-state index is -4.31. The number of hydrogen-bond donors (Lipinski definition) is 0. The molecule has 1 unspecified atom stereocenters. The number of carbonyl (C=O) groups is 1. The first-order valence-electron chi connectivity index (χ1n) is 5.96. The Morgan fingerprint density at radius 3 is 2.60 bits per heavy atom. The lowest BCUT2D eigenvalue weighted by atomic mass is 10.1. The maximum Gasteiger partial charge on any atom is 0.264 e. The minimum absolute atomic E-state index is 0.0167. The van der Waals surface area contributed by atoms with Crippen LogP contribution in [-0.4, -0.2) is 31.8 Å². The van der Waals surface area contributed by atoms with Crippen molar-refractivity contribution in [3.8, 4) is 0 Å². The van der Waals surface area contributed by atoms with E-state index < -0.39 is 25.7 Å². The second-order valence-electron chi connectivity index (χ2n) is 4.69. The molecule has 2 rings (SSSR count). The van der Waals surface area contributed by atoms with Crippen LogP contribution in [-0.2, 0) is 9.05 Å². The van der Waals surface area contributed by atoms with Gasteiger partial charge in [-0.1, -0.05) is 11.6 Å². The van der Waals surface area contributed by atoms with Crippen LogP contribution in [0.4, 0.5) is 4.39 Å². The first kappa shape index (κ1) is 15.5. The summed E-state index contributed by atoms with van der Waals surface area (Å²) in [6, 6.07) is 2.00. The zero-order chi connectivity index (χ0) is 15.1. The molecule has 1 aliphatic rings. The molecule has 4 nitrogen and oxygen atoms in total. The normalized spacial score (nSPS) is 19.4. The molecule has 8 heteroatoms. The molecule has 0 radical (unpaired) electrons. The fourth-order valence-corrected chi connectivity index (χ4v) is 3.50. The standard InChI is InChI=1S/C12H12Cl2FNO3S/c1-7-3-2-4-16(7)12(17)9-5-8(13)6-10(11(9)15)20(14,18)19/h5-7H,2-4H2,1H3. The molecule has 1 amide bonds. The molecule has 1 aromatic rings. The van der Waals surface area contributed by atoms with Crippen molar-refractivity contribution in [1.82, 2.24) is 4.90 Å². The molecule has 1 heterocycles. The van der Waals surface area contributed by atoms with Crippen molar-refractivity contribution in [3.05, 3.63) is 28.5 Å². The molecule has 1 fully saturated rings. The molecule has 0 aliphatic carbocycles. The summed E-state index contributed by atoms with van der Waals surface area (Å²) < 4.78 is 36.8. The molecule has 1 aliphatic heterocycles. The van der Waals surface area contributed by atoms with Gasteiger partial charge in [0.15, 0.2) is 5.82 Å². The zero-order valence-electron chi connectivity index (χ0n) is 10.6. The predicted octanol–water partition coefficient (Wildman–Crippen LogP) is 3.03. The van der Waals surface area contributed by atoms with Crippen LogP contribution < -0.4 is 0 Å². The van der Waals surface area contributed by atoms with Crippen molar-refractivity contribution in [2.24, 2.45) is 0 Å². The van der Waals surface area contributed by atoms with Gasteiger partial charge in [-0.25, -0.2) is 12.8 Å². The third kappa shape index (κ3) is 2.92. The van der Waals surface area contributed by atoms with E-state index in [1.165, 1.54) is 4.90 Å². The van der Waals surface area contributed by atoms with E-state index in [2.05, 4.69) is 0 Å². The lowest BCUT2D eigenvalue weighted by Gasteiger charge is -2.22. The Morgan fingerprint density at radius 1 is 1.45 bits per heavy atom. The quantitative estimate of drug-likeness (QED) is 0.778. The smallest absolute Gasteiger partial charge is 0.264 e. The van der Waals surface area contributed by atoms with Gasteiger partial charge in [0.05, 0.1) is 5.56 Å². The number of halogens is 3. The summed E-state index contributed by atoms with van der Waals surface area (Å²) in [5, 5.41) is -0.0548. The third-order valence-electron chi connectivity index (χ3n) is 3.31. The summed E-state index contributed by atoms with van der Waals surface area (Å²) in [4.78, 5) is 13.0. The SMILES string of the molecule is CC1CCCN1C(=O)c1cc(Cl)cc(S(=O)(=O)Cl)c1F. The highest BCUT2D eigenvalue weighted by Crippen LogP contribution is 2.28. The maximum atomic E-state index is 14.2. The Morgan fingerprint density at radius 2 is 2.10 bits per heavy atom. The number of rotatable bonds is 2. The van der Waals surface area contributed by atoms with Gasteiger partial charge in [-0.05, 0) is 31.9 Å². The van der Waals surface area contributed by atoms with E-state index in [1.807, 2.05) is 6.92 Å². The highest BCUT2D eigenvalue weighted by molar-refractivity contribution is 8.13. The van der Waals surface area contributed by atoms with Gasteiger partial charge < -0.3 is 4.90 Å². The third-order valence-corrected chi connectivity index (χ3v) is 4.85. The van der Waals surface area contributed by atoms with Gasteiger partial charge in [-0.15, -0.1) is 0 Å². The van der Waals surface area contributed by atoms with Crippen molar-refractivity contribution < 1.29 is 17.6 Å². The first-order valence-corrected chi connectivity index (χ1v) is 8.65. The van der Waals surface area contributed by atoms with Gasteiger partial charge in [-0.2, -0.15) is 0 Å². The minimum Gasteiger partial charge on any atom is -0.336 e. The fraction of sp³-hybridized carbons (Fsp3) is 0.417. The van der Waals surface area contributed by atoms with Gasteiger partial charge in [-0.3, -0.25) is 4.79 Å². The average molecular weight is 340 g/mol. The van der Waals surface area contributed by atoms with Crippen LogP contribution in [0.15, 0.2) is 17.0 Å². The van der Waals surface area contributed by atoms with E-state index in [0.29, 0.717) is 6.54 Å². The van der Waals surface area contributed by atoms with Crippen LogP contribution in [0.25, 0.3) is 0 Å². The summed E-state index contributed by atoms with van der Waals surface area (Å²) in [5.41, 5.74) is -0.370. The zero-order valence-corrected chi connectivity index (χ0v) is 12.9.